The van der Waals surface area contributed by atoms with E-state index in [9.17, 15) is 4.79 Å². The Bertz CT molecular complexity index is 431. The summed E-state index contributed by atoms with van der Waals surface area (Å²) in [7, 11) is 4.46. The third-order valence-electron chi connectivity index (χ3n) is 2.84. The first-order chi connectivity index (χ1) is 8.58. The van der Waals surface area contributed by atoms with Crippen LogP contribution in [0.15, 0.2) is 12.1 Å². The van der Waals surface area contributed by atoms with E-state index < -0.39 is 5.92 Å². The van der Waals surface area contributed by atoms with Gasteiger partial charge in [-0.25, -0.2) is 0 Å². The van der Waals surface area contributed by atoms with Crippen LogP contribution in [0, 0.1) is 6.92 Å². The lowest BCUT2D eigenvalue weighted by Crippen LogP contribution is -2.23. The Balaban J connectivity index is 3.31. The van der Waals surface area contributed by atoms with Crippen LogP contribution < -0.4 is 15.2 Å². The molecule has 18 heavy (non-hydrogen) atoms. The largest absolute Gasteiger partial charge is 0.496 e. The van der Waals surface area contributed by atoms with E-state index in [1.54, 1.807) is 20.3 Å². The molecule has 0 radical (unpaired) electrons. The molecule has 1 aromatic rings. The highest BCUT2D eigenvalue weighted by molar-refractivity contribution is 5.79. The summed E-state index contributed by atoms with van der Waals surface area (Å²) in [6, 6.07) is 3.59. The average molecular weight is 253 g/mol. The Morgan fingerprint density at radius 3 is 2.28 bits per heavy atom. The molecule has 1 atom stereocenters. The van der Waals surface area contributed by atoms with Crippen molar-refractivity contribution in [2.45, 2.75) is 12.8 Å². The van der Waals surface area contributed by atoms with Crippen LogP contribution in [0.5, 0.6) is 11.5 Å². The maximum atomic E-state index is 11.7. The minimum Gasteiger partial charge on any atom is -0.496 e. The van der Waals surface area contributed by atoms with Crippen LogP contribution in [0.3, 0.4) is 0 Å². The number of carbonyl (C=O) groups is 1. The van der Waals surface area contributed by atoms with Crippen molar-refractivity contribution in [2.24, 2.45) is 5.73 Å². The zero-order valence-electron chi connectivity index (χ0n) is 11.1. The lowest BCUT2D eigenvalue weighted by atomic mass is 9.96. The van der Waals surface area contributed by atoms with Crippen LogP contribution in [0.25, 0.3) is 0 Å². The van der Waals surface area contributed by atoms with Crippen molar-refractivity contribution in [3.8, 4) is 11.5 Å². The Morgan fingerprint density at radius 2 is 1.83 bits per heavy atom. The predicted molar refractivity (Wildman–Crippen MR) is 68.1 cm³/mol. The van der Waals surface area contributed by atoms with Crippen LogP contribution in [-0.2, 0) is 9.53 Å². The molecule has 5 heteroatoms. The van der Waals surface area contributed by atoms with Crippen molar-refractivity contribution in [1.29, 1.82) is 0 Å². The van der Waals surface area contributed by atoms with E-state index in [1.807, 2.05) is 13.0 Å². The van der Waals surface area contributed by atoms with E-state index in [1.165, 1.54) is 7.11 Å². The number of methoxy groups -OCH3 is 3. The second-order valence-corrected chi connectivity index (χ2v) is 3.88. The molecule has 0 heterocycles. The molecule has 1 aromatic carbocycles. The maximum absolute atomic E-state index is 11.7. The molecule has 0 saturated heterocycles. The predicted octanol–water partition coefficient (Wildman–Crippen LogP) is 1.23. The van der Waals surface area contributed by atoms with Gasteiger partial charge >= 0.3 is 5.97 Å². The Labute approximate surface area is 107 Å². The normalized spacial score (nSPS) is 11.8. The van der Waals surface area contributed by atoms with Gasteiger partial charge in [0.25, 0.3) is 0 Å². The van der Waals surface area contributed by atoms with Crippen molar-refractivity contribution in [3.63, 3.8) is 0 Å². The molecule has 0 fully saturated rings. The van der Waals surface area contributed by atoms with Crippen molar-refractivity contribution in [2.75, 3.05) is 27.9 Å². The number of carbonyl (C=O) groups excluding carboxylic acids is 1. The summed E-state index contributed by atoms with van der Waals surface area (Å²) >= 11 is 0. The van der Waals surface area contributed by atoms with E-state index in [-0.39, 0.29) is 12.5 Å². The minimum absolute atomic E-state index is 0.148. The van der Waals surface area contributed by atoms with Crippen molar-refractivity contribution in [3.05, 3.63) is 23.3 Å². The summed E-state index contributed by atoms with van der Waals surface area (Å²) in [6.07, 6.45) is 0. The summed E-state index contributed by atoms with van der Waals surface area (Å²) in [5.74, 6) is 0.350. The molecule has 100 valence electrons. The van der Waals surface area contributed by atoms with Gasteiger partial charge in [0.2, 0.25) is 0 Å². The Morgan fingerprint density at radius 1 is 1.22 bits per heavy atom. The number of hydrogen-bond donors (Lipinski definition) is 1. The van der Waals surface area contributed by atoms with Crippen LogP contribution in [0.2, 0.25) is 0 Å². The van der Waals surface area contributed by atoms with Gasteiger partial charge in [-0.05, 0) is 24.6 Å². The number of esters is 1. The average Bonchev–Trinajstić information content (AvgIpc) is 2.40. The second-order valence-electron chi connectivity index (χ2n) is 3.88. The summed E-state index contributed by atoms with van der Waals surface area (Å²) in [4.78, 5) is 11.7. The van der Waals surface area contributed by atoms with Gasteiger partial charge in [-0.15, -0.1) is 0 Å². The highest BCUT2D eigenvalue weighted by atomic mass is 16.5. The van der Waals surface area contributed by atoms with E-state index in [2.05, 4.69) is 0 Å². The molecule has 5 nitrogen and oxygen atoms in total. The molecule has 1 rings (SSSR count). The van der Waals surface area contributed by atoms with E-state index in [4.69, 9.17) is 19.9 Å². The van der Waals surface area contributed by atoms with Crippen molar-refractivity contribution >= 4 is 5.97 Å². The first-order valence-corrected chi connectivity index (χ1v) is 5.59. The quantitative estimate of drug-likeness (QED) is 0.799. The number of ether oxygens (including phenoxy) is 3. The Hall–Kier alpha value is -1.75. The molecule has 0 aliphatic carbocycles. The molecule has 0 aliphatic heterocycles. The van der Waals surface area contributed by atoms with Gasteiger partial charge in [0.15, 0.2) is 0 Å². The van der Waals surface area contributed by atoms with Crippen LogP contribution >= 0.6 is 0 Å². The fourth-order valence-electron chi connectivity index (χ4n) is 1.84. The number of hydrogen-bond acceptors (Lipinski definition) is 5. The van der Waals surface area contributed by atoms with Gasteiger partial charge in [0.1, 0.15) is 11.5 Å². The zero-order valence-corrected chi connectivity index (χ0v) is 11.1. The first kappa shape index (κ1) is 14.3. The number of benzene rings is 1. The van der Waals surface area contributed by atoms with E-state index in [0.717, 1.165) is 5.56 Å². The van der Waals surface area contributed by atoms with Crippen molar-refractivity contribution in [1.82, 2.24) is 0 Å². The fourth-order valence-corrected chi connectivity index (χ4v) is 1.84. The topological polar surface area (TPSA) is 70.8 Å². The van der Waals surface area contributed by atoms with Gasteiger partial charge in [-0.1, -0.05) is 0 Å². The van der Waals surface area contributed by atoms with Gasteiger partial charge in [0.05, 0.1) is 27.2 Å². The SMILES string of the molecule is COC(=O)C(CN)c1cc(OC)c(C)cc1OC. The highest BCUT2D eigenvalue weighted by Crippen LogP contribution is 2.33. The summed E-state index contributed by atoms with van der Waals surface area (Å²) in [5.41, 5.74) is 7.24. The minimum atomic E-state index is -0.556. The van der Waals surface area contributed by atoms with Gasteiger partial charge in [0, 0.05) is 12.1 Å². The number of aryl methyl sites for hydroxylation is 1. The van der Waals surface area contributed by atoms with Crippen molar-refractivity contribution < 1.29 is 19.0 Å². The highest BCUT2D eigenvalue weighted by Gasteiger charge is 2.24. The molecule has 0 spiro atoms. The van der Waals surface area contributed by atoms with Gasteiger partial charge in [-0.2, -0.15) is 0 Å². The molecule has 2 N–H and O–H groups in total. The third-order valence-corrected chi connectivity index (χ3v) is 2.84. The molecule has 0 bridgehead atoms. The summed E-state index contributed by atoms with van der Waals surface area (Å²) < 4.78 is 15.3. The van der Waals surface area contributed by atoms with Crippen LogP contribution in [-0.4, -0.2) is 33.8 Å². The van der Waals surface area contributed by atoms with Gasteiger partial charge < -0.3 is 19.9 Å². The first-order valence-electron chi connectivity index (χ1n) is 5.59. The molecular weight excluding hydrogens is 234 g/mol. The molecule has 0 amide bonds. The number of rotatable bonds is 5. The molecule has 0 aromatic heterocycles. The second kappa shape index (κ2) is 6.26. The van der Waals surface area contributed by atoms with E-state index >= 15 is 0 Å². The van der Waals surface area contributed by atoms with Crippen LogP contribution in [0.1, 0.15) is 17.0 Å². The molecule has 0 saturated carbocycles. The lowest BCUT2D eigenvalue weighted by Gasteiger charge is -2.18. The Kier molecular flexibility index (Phi) is 4.97. The zero-order chi connectivity index (χ0) is 13.7. The molecular formula is C13H19NO4. The fraction of sp³-hybridized carbons (Fsp3) is 0.462. The van der Waals surface area contributed by atoms with Crippen LogP contribution in [0.4, 0.5) is 0 Å². The molecule has 0 aliphatic rings. The standard InChI is InChI=1S/C13H19NO4/c1-8-5-12(17-3)9(6-11(8)16-2)10(7-14)13(15)18-4/h5-6,10H,7,14H2,1-4H3. The maximum Gasteiger partial charge on any atom is 0.314 e. The van der Waals surface area contributed by atoms with E-state index in [0.29, 0.717) is 17.1 Å². The monoisotopic (exact) mass is 253 g/mol. The third kappa shape index (κ3) is 2.73. The summed E-state index contributed by atoms with van der Waals surface area (Å²) in [6.45, 7) is 2.05. The van der Waals surface area contributed by atoms with Gasteiger partial charge in [-0.3, -0.25) is 4.79 Å². The smallest absolute Gasteiger partial charge is 0.314 e. The lowest BCUT2D eigenvalue weighted by molar-refractivity contribution is -0.142. The molecule has 1 unspecified atom stereocenters. The number of nitrogens with two attached hydrogens (primary N) is 1. The summed E-state index contributed by atoms with van der Waals surface area (Å²) in [5, 5.41) is 0.